The van der Waals surface area contributed by atoms with E-state index in [9.17, 15) is 18.3 Å². The van der Waals surface area contributed by atoms with Crippen molar-refractivity contribution in [3.05, 3.63) is 34.4 Å². The Bertz CT molecular complexity index is 557. The number of rotatable bonds is 9. The summed E-state index contributed by atoms with van der Waals surface area (Å²) < 4.78 is 47.2. The van der Waals surface area contributed by atoms with Crippen molar-refractivity contribution in [2.75, 3.05) is 19.8 Å². The Morgan fingerprint density at radius 1 is 1.25 bits per heavy atom. The van der Waals surface area contributed by atoms with Crippen molar-refractivity contribution >= 4 is 11.6 Å². The summed E-state index contributed by atoms with van der Waals surface area (Å²) in [5, 5.41) is 8.41. The van der Waals surface area contributed by atoms with Crippen molar-refractivity contribution in [2.24, 2.45) is 0 Å². The standard InChI is InChI=1S/C17H22ClF3O3/c1-3-13-11-14(22)10-12(2)16(13)24-8-5-4-7-23-9-6-15(18)17(19,20)21/h6,10-11,22H,3-5,7-9H2,1-2H3. The predicted molar refractivity (Wildman–Crippen MR) is 87.8 cm³/mol. The molecule has 0 aliphatic rings. The molecular weight excluding hydrogens is 345 g/mol. The number of benzene rings is 1. The van der Waals surface area contributed by atoms with Gasteiger partial charge in [0.05, 0.1) is 13.2 Å². The van der Waals surface area contributed by atoms with Gasteiger partial charge in [0.1, 0.15) is 16.5 Å². The van der Waals surface area contributed by atoms with Gasteiger partial charge in [-0.1, -0.05) is 18.5 Å². The molecule has 0 aromatic heterocycles. The van der Waals surface area contributed by atoms with Crippen molar-refractivity contribution in [1.29, 1.82) is 0 Å². The van der Waals surface area contributed by atoms with Crippen molar-refractivity contribution in [1.82, 2.24) is 0 Å². The summed E-state index contributed by atoms with van der Waals surface area (Å²) in [6.07, 6.45) is -1.58. The molecule has 0 bridgehead atoms. The molecule has 0 saturated heterocycles. The average molecular weight is 367 g/mol. The maximum atomic E-state index is 12.1. The van der Waals surface area contributed by atoms with Crippen LogP contribution in [0.25, 0.3) is 0 Å². The fourth-order valence-electron chi connectivity index (χ4n) is 2.11. The Labute approximate surface area is 145 Å². The molecule has 0 atom stereocenters. The quantitative estimate of drug-likeness (QED) is 0.616. The Hall–Kier alpha value is -1.40. The number of aromatic hydroxyl groups is 1. The smallest absolute Gasteiger partial charge is 0.426 e. The molecule has 3 nitrogen and oxygen atoms in total. The summed E-state index contributed by atoms with van der Waals surface area (Å²) in [5.74, 6) is 0.992. The Balaban J connectivity index is 2.26. The van der Waals surface area contributed by atoms with Crippen LogP contribution in [-0.2, 0) is 11.2 Å². The third-order valence-electron chi connectivity index (χ3n) is 3.30. The molecule has 136 valence electrons. The van der Waals surface area contributed by atoms with E-state index < -0.39 is 11.2 Å². The van der Waals surface area contributed by atoms with E-state index in [4.69, 9.17) is 21.1 Å². The number of halogens is 4. The van der Waals surface area contributed by atoms with Crippen LogP contribution in [0, 0.1) is 6.92 Å². The van der Waals surface area contributed by atoms with E-state index >= 15 is 0 Å². The summed E-state index contributed by atoms with van der Waals surface area (Å²) in [6.45, 7) is 4.48. The molecule has 0 saturated carbocycles. The van der Waals surface area contributed by atoms with Crippen LogP contribution in [0.3, 0.4) is 0 Å². The third-order valence-corrected chi connectivity index (χ3v) is 3.67. The lowest BCUT2D eigenvalue weighted by atomic mass is 10.1. The first-order chi connectivity index (χ1) is 11.3. The molecular formula is C17H22ClF3O3. The topological polar surface area (TPSA) is 38.7 Å². The average Bonchev–Trinajstić information content (AvgIpc) is 2.49. The van der Waals surface area contributed by atoms with Gasteiger partial charge in [-0.3, -0.25) is 0 Å². The molecule has 0 unspecified atom stereocenters. The van der Waals surface area contributed by atoms with E-state index in [1.54, 1.807) is 12.1 Å². The monoisotopic (exact) mass is 366 g/mol. The highest BCUT2D eigenvalue weighted by Gasteiger charge is 2.31. The van der Waals surface area contributed by atoms with Crippen LogP contribution >= 0.6 is 11.6 Å². The fourth-order valence-corrected chi connectivity index (χ4v) is 2.17. The number of hydrogen-bond acceptors (Lipinski definition) is 3. The normalized spacial score (nSPS) is 12.5. The molecule has 24 heavy (non-hydrogen) atoms. The highest BCUT2D eigenvalue weighted by Crippen LogP contribution is 2.29. The van der Waals surface area contributed by atoms with Gasteiger partial charge in [-0.05, 0) is 55.5 Å². The van der Waals surface area contributed by atoms with E-state index in [2.05, 4.69) is 0 Å². The number of hydrogen-bond donors (Lipinski definition) is 1. The number of phenolic OH excluding ortho intramolecular Hbond substituents is 1. The van der Waals surface area contributed by atoms with E-state index in [0.717, 1.165) is 29.4 Å². The van der Waals surface area contributed by atoms with Gasteiger partial charge in [0.25, 0.3) is 0 Å². The van der Waals surface area contributed by atoms with Crippen LogP contribution < -0.4 is 4.74 Å². The minimum Gasteiger partial charge on any atom is -0.508 e. The van der Waals surface area contributed by atoms with Gasteiger partial charge in [-0.2, -0.15) is 13.2 Å². The van der Waals surface area contributed by atoms with Gasteiger partial charge in [-0.15, -0.1) is 0 Å². The highest BCUT2D eigenvalue weighted by molar-refractivity contribution is 6.30. The zero-order valence-electron chi connectivity index (χ0n) is 13.8. The molecule has 1 aromatic rings. The SMILES string of the molecule is CCc1cc(O)cc(C)c1OCCCCOCC=C(Cl)C(F)(F)F. The van der Waals surface area contributed by atoms with Crippen molar-refractivity contribution in [3.8, 4) is 11.5 Å². The first kappa shape index (κ1) is 20.6. The van der Waals surface area contributed by atoms with Gasteiger partial charge in [0.15, 0.2) is 0 Å². The number of allylic oxidation sites excluding steroid dienone is 1. The van der Waals surface area contributed by atoms with E-state index in [1.165, 1.54) is 0 Å². The van der Waals surface area contributed by atoms with Crippen LogP contribution in [0.4, 0.5) is 13.2 Å². The highest BCUT2D eigenvalue weighted by atomic mass is 35.5. The molecule has 1 N–H and O–H groups in total. The van der Waals surface area contributed by atoms with E-state index in [1.807, 2.05) is 13.8 Å². The zero-order valence-corrected chi connectivity index (χ0v) is 14.5. The molecule has 0 radical (unpaired) electrons. The maximum Gasteiger partial charge on any atom is 0.426 e. The Morgan fingerprint density at radius 2 is 1.92 bits per heavy atom. The van der Waals surface area contributed by atoms with Gasteiger partial charge < -0.3 is 14.6 Å². The maximum absolute atomic E-state index is 12.1. The van der Waals surface area contributed by atoms with E-state index in [-0.39, 0.29) is 12.4 Å². The van der Waals surface area contributed by atoms with Crippen molar-refractivity contribution in [3.63, 3.8) is 0 Å². The van der Waals surface area contributed by atoms with E-state index in [0.29, 0.717) is 26.1 Å². The summed E-state index contributed by atoms with van der Waals surface area (Å²) in [5.41, 5.74) is 1.81. The minimum absolute atomic E-state index is 0.170. The minimum atomic E-state index is -4.52. The Kier molecular flexibility index (Phi) is 8.42. The zero-order chi connectivity index (χ0) is 18.2. The second-order valence-corrected chi connectivity index (χ2v) is 5.69. The third kappa shape index (κ3) is 7.01. The molecule has 7 heteroatoms. The number of ether oxygens (including phenoxy) is 2. The predicted octanol–water partition coefficient (Wildman–Crippen LogP) is 5.12. The van der Waals surface area contributed by atoms with Gasteiger partial charge in [0, 0.05) is 6.61 Å². The van der Waals surface area contributed by atoms with Crippen LogP contribution in [0.15, 0.2) is 23.2 Å². The second kappa shape index (κ2) is 9.79. The van der Waals surface area contributed by atoms with Crippen molar-refractivity contribution < 1.29 is 27.8 Å². The molecule has 1 rings (SSSR count). The van der Waals surface area contributed by atoms with Gasteiger partial charge in [0.2, 0.25) is 0 Å². The van der Waals surface area contributed by atoms with Crippen molar-refractivity contribution in [2.45, 2.75) is 39.3 Å². The molecule has 0 amide bonds. The second-order valence-electron chi connectivity index (χ2n) is 5.28. The number of alkyl halides is 3. The summed E-state index contributed by atoms with van der Waals surface area (Å²) in [6, 6.07) is 3.33. The number of unbranched alkanes of at least 4 members (excludes halogenated alkanes) is 1. The molecule has 1 aromatic carbocycles. The molecule has 0 heterocycles. The van der Waals surface area contributed by atoms with Crippen LogP contribution in [0.1, 0.15) is 30.9 Å². The summed E-state index contributed by atoms with van der Waals surface area (Å²) in [4.78, 5) is 0. The largest absolute Gasteiger partial charge is 0.508 e. The lowest BCUT2D eigenvalue weighted by Crippen LogP contribution is -2.08. The fraction of sp³-hybridized carbons (Fsp3) is 0.529. The molecule has 0 fully saturated rings. The van der Waals surface area contributed by atoms with Crippen LogP contribution in [-0.4, -0.2) is 31.1 Å². The molecule has 0 aliphatic heterocycles. The lowest BCUT2D eigenvalue weighted by molar-refractivity contribution is -0.0850. The molecule has 0 spiro atoms. The van der Waals surface area contributed by atoms with Crippen LogP contribution in [0.5, 0.6) is 11.5 Å². The first-order valence-electron chi connectivity index (χ1n) is 7.71. The van der Waals surface area contributed by atoms with Crippen LogP contribution in [0.2, 0.25) is 0 Å². The molecule has 0 aliphatic carbocycles. The number of phenols is 1. The summed E-state index contributed by atoms with van der Waals surface area (Å²) in [7, 11) is 0. The van der Waals surface area contributed by atoms with Gasteiger partial charge in [-0.25, -0.2) is 0 Å². The Morgan fingerprint density at radius 3 is 2.54 bits per heavy atom. The first-order valence-corrected chi connectivity index (χ1v) is 8.09. The van der Waals surface area contributed by atoms with Gasteiger partial charge >= 0.3 is 6.18 Å². The lowest BCUT2D eigenvalue weighted by Gasteiger charge is -2.14. The number of aryl methyl sites for hydroxylation is 2. The summed E-state index contributed by atoms with van der Waals surface area (Å²) >= 11 is 5.06.